The first-order chi connectivity index (χ1) is 11.4. The van der Waals surface area contributed by atoms with E-state index < -0.39 is 17.7 Å². The second-order valence-electron chi connectivity index (χ2n) is 5.19. The molecule has 0 fully saturated rings. The van der Waals surface area contributed by atoms with Crippen LogP contribution in [0.2, 0.25) is 0 Å². The van der Waals surface area contributed by atoms with Crippen molar-refractivity contribution in [3.8, 4) is 0 Å². The highest BCUT2D eigenvalue weighted by atomic mass is 19.4. The number of nitrogens with one attached hydrogen (secondary N) is 1. The van der Waals surface area contributed by atoms with Crippen LogP contribution in [-0.2, 0) is 6.18 Å². The molecule has 2 aromatic carbocycles. The molecule has 0 radical (unpaired) electrons. The fraction of sp³-hybridized carbons (Fsp3) is 0.118. The molecule has 0 saturated carbocycles. The largest absolute Gasteiger partial charge is 0.437 e. The first-order valence-corrected chi connectivity index (χ1v) is 7.13. The molecule has 0 aliphatic carbocycles. The maximum atomic E-state index is 13.2. The van der Waals surface area contributed by atoms with Crippen LogP contribution in [0.25, 0.3) is 11.0 Å². The Labute approximate surface area is 136 Å². The number of anilines is 1. The van der Waals surface area contributed by atoms with Crippen LogP contribution in [0, 0.1) is 6.92 Å². The lowest BCUT2D eigenvalue weighted by Crippen LogP contribution is -2.13. The number of aryl methyl sites for hydroxylation is 1. The Morgan fingerprint density at radius 2 is 1.58 bits per heavy atom. The van der Waals surface area contributed by atoms with Crippen LogP contribution in [0.4, 0.5) is 19.0 Å². The Morgan fingerprint density at radius 1 is 0.958 bits per heavy atom. The molecule has 0 aliphatic heterocycles. The molecule has 24 heavy (non-hydrogen) atoms. The number of fused-ring (bicyclic) bond motifs is 1. The van der Waals surface area contributed by atoms with Gasteiger partial charge < -0.3 is 0 Å². The summed E-state index contributed by atoms with van der Waals surface area (Å²) >= 11 is 0. The van der Waals surface area contributed by atoms with E-state index in [1.165, 1.54) is 12.3 Å². The van der Waals surface area contributed by atoms with Gasteiger partial charge in [0.15, 0.2) is 11.5 Å². The minimum atomic E-state index is -4.63. The van der Waals surface area contributed by atoms with Gasteiger partial charge >= 0.3 is 6.18 Å². The Bertz CT molecular complexity index is 886. The summed E-state index contributed by atoms with van der Waals surface area (Å²) in [5.41, 5.74) is 3.64. The second-order valence-corrected chi connectivity index (χ2v) is 5.19. The van der Waals surface area contributed by atoms with Gasteiger partial charge in [-0.15, -0.1) is 0 Å². The van der Waals surface area contributed by atoms with Crippen molar-refractivity contribution in [1.82, 2.24) is 9.97 Å². The summed E-state index contributed by atoms with van der Waals surface area (Å²) in [4.78, 5) is 7.64. The molecule has 1 heterocycles. The summed E-state index contributed by atoms with van der Waals surface area (Å²) in [6.07, 6.45) is -3.20. The predicted octanol–water partition coefficient (Wildman–Crippen LogP) is 4.40. The van der Waals surface area contributed by atoms with Crippen molar-refractivity contribution < 1.29 is 13.2 Å². The van der Waals surface area contributed by atoms with Crippen molar-refractivity contribution in [3.05, 3.63) is 65.4 Å². The summed E-state index contributed by atoms with van der Waals surface area (Å²) in [6, 6.07) is 13.8. The zero-order valence-corrected chi connectivity index (χ0v) is 12.7. The topological polar surface area (TPSA) is 50.2 Å². The van der Waals surface area contributed by atoms with Gasteiger partial charge in [-0.3, -0.25) is 5.43 Å². The lowest BCUT2D eigenvalue weighted by atomic mass is 10.2. The van der Waals surface area contributed by atoms with Crippen LogP contribution in [0.15, 0.2) is 53.6 Å². The Kier molecular flexibility index (Phi) is 4.16. The van der Waals surface area contributed by atoms with Crippen molar-refractivity contribution in [1.29, 1.82) is 0 Å². The normalized spacial score (nSPS) is 12.0. The van der Waals surface area contributed by atoms with E-state index in [1.807, 2.05) is 31.2 Å². The standard InChI is InChI=1S/C17H13F3N4/c1-11-6-8-12(9-7-11)10-21-24-16-15(17(18,19)20)22-13-4-2-3-5-14(13)23-16/h2-10H,1H3,(H,23,24). The van der Waals surface area contributed by atoms with Gasteiger partial charge in [-0.05, 0) is 24.6 Å². The number of para-hydroxylation sites is 2. The zero-order chi connectivity index (χ0) is 17.2. The highest BCUT2D eigenvalue weighted by molar-refractivity contribution is 5.81. The molecule has 0 saturated heterocycles. The molecule has 0 aliphatic rings. The Balaban J connectivity index is 1.93. The number of halogens is 3. The monoisotopic (exact) mass is 330 g/mol. The van der Waals surface area contributed by atoms with Crippen LogP contribution in [0.1, 0.15) is 16.8 Å². The van der Waals surface area contributed by atoms with Gasteiger partial charge in [0.05, 0.1) is 17.2 Å². The van der Waals surface area contributed by atoms with Gasteiger partial charge in [0, 0.05) is 0 Å². The number of rotatable bonds is 3. The molecule has 3 aromatic rings. The molecule has 7 heteroatoms. The van der Waals surface area contributed by atoms with Crippen LogP contribution < -0.4 is 5.43 Å². The molecule has 122 valence electrons. The molecule has 0 unspecified atom stereocenters. The molecule has 4 nitrogen and oxygen atoms in total. The van der Waals surface area contributed by atoms with E-state index in [2.05, 4.69) is 20.5 Å². The second kappa shape index (κ2) is 6.27. The number of hydrazone groups is 1. The van der Waals surface area contributed by atoms with E-state index in [0.717, 1.165) is 11.1 Å². The maximum Gasteiger partial charge on any atom is 0.437 e. The average molecular weight is 330 g/mol. The van der Waals surface area contributed by atoms with E-state index in [0.29, 0.717) is 5.52 Å². The van der Waals surface area contributed by atoms with E-state index >= 15 is 0 Å². The average Bonchev–Trinajstić information content (AvgIpc) is 2.55. The molecule has 1 aromatic heterocycles. The summed E-state index contributed by atoms with van der Waals surface area (Å²) in [7, 11) is 0. The van der Waals surface area contributed by atoms with Crippen LogP contribution in [0.5, 0.6) is 0 Å². The molecule has 0 atom stereocenters. The number of hydrogen-bond acceptors (Lipinski definition) is 4. The highest BCUT2D eigenvalue weighted by Crippen LogP contribution is 2.33. The lowest BCUT2D eigenvalue weighted by Gasteiger charge is -2.11. The lowest BCUT2D eigenvalue weighted by molar-refractivity contribution is -0.140. The summed E-state index contributed by atoms with van der Waals surface area (Å²) in [6.45, 7) is 1.94. The van der Waals surface area contributed by atoms with Crippen molar-refractivity contribution in [2.75, 3.05) is 5.43 Å². The van der Waals surface area contributed by atoms with Crippen molar-refractivity contribution >= 4 is 23.1 Å². The summed E-state index contributed by atoms with van der Waals surface area (Å²) in [5, 5.41) is 3.84. The van der Waals surface area contributed by atoms with E-state index in [4.69, 9.17) is 0 Å². The molecule has 1 N–H and O–H groups in total. The van der Waals surface area contributed by atoms with Gasteiger partial charge in [0.2, 0.25) is 0 Å². The Hall–Kier alpha value is -2.96. The molecule has 0 amide bonds. The third kappa shape index (κ3) is 3.51. The van der Waals surface area contributed by atoms with Crippen molar-refractivity contribution in [3.63, 3.8) is 0 Å². The highest BCUT2D eigenvalue weighted by Gasteiger charge is 2.37. The number of hydrogen-bond donors (Lipinski definition) is 1. The van der Waals surface area contributed by atoms with Gasteiger partial charge in [0.25, 0.3) is 0 Å². The third-order valence-corrected chi connectivity index (χ3v) is 3.30. The number of alkyl halides is 3. The molecule has 3 rings (SSSR count). The van der Waals surface area contributed by atoms with E-state index in [9.17, 15) is 13.2 Å². The van der Waals surface area contributed by atoms with Crippen LogP contribution in [0.3, 0.4) is 0 Å². The fourth-order valence-electron chi connectivity index (χ4n) is 2.10. The third-order valence-electron chi connectivity index (χ3n) is 3.30. The number of aromatic nitrogens is 2. The van der Waals surface area contributed by atoms with Gasteiger partial charge in [0.1, 0.15) is 0 Å². The van der Waals surface area contributed by atoms with Crippen LogP contribution in [-0.4, -0.2) is 16.2 Å². The van der Waals surface area contributed by atoms with Gasteiger partial charge in [-0.2, -0.15) is 18.3 Å². The SMILES string of the molecule is Cc1ccc(C=NNc2nc3ccccc3nc2C(F)(F)F)cc1. The number of benzene rings is 2. The van der Waals surface area contributed by atoms with E-state index in [-0.39, 0.29) is 5.52 Å². The smallest absolute Gasteiger partial charge is 0.260 e. The quantitative estimate of drug-likeness (QED) is 0.572. The number of nitrogens with zero attached hydrogens (tertiary/aromatic N) is 3. The molecular formula is C17H13F3N4. The molecule has 0 bridgehead atoms. The van der Waals surface area contributed by atoms with E-state index in [1.54, 1.807) is 18.2 Å². The Morgan fingerprint density at radius 3 is 2.21 bits per heavy atom. The van der Waals surface area contributed by atoms with Gasteiger partial charge in [-0.25, -0.2) is 9.97 Å². The fourth-order valence-corrected chi connectivity index (χ4v) is 2.10. The van der Waals surface area contributed by atoms with Crippen LogP contribution >= 0.6 is 0 Å². The summed E-state index contributed by atoms with van der Waals surface area (Å²) < 4.78 is 39.5. The minimum Gasteiger partial charge on any atom is -0.260 e. The molecule has 0 spiro atoms. The van der Waals surface area contributed by atoms with Gasteiger partial charge in [-0.1, -0.05) is 42.0 Å². The maximum absolute atomic E-state index is 13.2. The zero-order valence-electron chi connectivity index (χ0n) is 12.7. The first-order valence-electron chi connectivity index (χ1n) is 7.13. The van der Waals surface area contributed by atoms with Crippen molar-refractivity contribution in [2.24, 2.45) is 5.10 Å². The first kappa shape index (κ1) is 15.9. The van der Waals surface area contributed by atoms with Crippen molar-refractivity contribution in [2.45, 2.75) is 13.1 Å². The molecular weight excluding hydrogens is 317 g/mol. The minimum absolute atomic E-state index is 0.179. The summed E-state index contributed by atoms with van der Waals surface area (Å²) in [5.74, 6) is -0.426. The predicted molar refractivity (Wildman–Crippen MR) is 86.9 cm³/mol.